The summed E-state index contributed by atoms with van der Waals surface area (Å²) in [5.41, 5.74) is 9.49. The Morgan fingerprint density at radius 2 is 0.557 bits per heavy atom. The standard InChI is InChI=1S/C17H12F3NO4.C17H12F3NO3.C17H15NO3.2C16H12FNO3.C16H21NO2/c18-17(19,20)24-14-7-5-13(6-8-14)23-10-15-9-16(21-25-15)11-1-3-12(22)4-2-11;18-17(19,20)12-3-7-14(8-4-12)23-10-15-9-16(21-24-15)11-1-5-13(22)6-2-11;1-12-2-8-15(9-3-12)20-11-16-10-17(18-21-16)13-4-6-14(19)7-5-13;17-12-3-7-14(8-4-12)20-10-15-9-16(18-21-15)11-1-5-13(19)6-2-11;17-14-3-1-2-4-16(14)20-10-13-9-15(18-21-13)11-5-7-12(19)8-6-11;1-2-3-4-5-6-7-15-12-16(17-19-15)13-8-10-14(18)11-9-13/h1-9,22H,10H2;1-9,22H,10H2;2-10,19H,11H2,1H3;2*1-9,19H,10H2;8-12,18H,2-7H2,1H3. The molecule has 0 aliphatic rings. The van der Waals surface area contributed by atoms with Gasteiger partial charge in [-0.25, -0.2) is 8.78 Å². The van der Waals surface area contributed by atoms with E-state index in [4.69, 9.17) is 50.8 Å². The second kappa shape index (κ2) is 46.3. The largest absolute Gasteiger partial charge is 0.573 e. The molecule has 674 valence electrons. The molecule has 6 heterocycles. The van der Waals surface area contributed by atoms with E-state index in [0.717, 1.165) is 93.4 Å². The van der Waals surface area contributed by atoms with Gasteiger partial charge in [0, 0.05) is 76.2 Å². The predicted molar refractivity (Wildman–Crippen MR) is 464 cm³/mol. The molecule has 0 spiro atoms. The molecule has 0 saturated carbocycles. The number of hydrogen-bond donors (Lipinski definition) is 6. The number of aromatic nitrogens is 6. The number of hydrogen-bond acceptors (Lipinski definition) is 24. The van der Waals surface area contributed by atoms with Gasteiger partial charge in [-0.2, -0.15) is 13.2 Å². The van der Waals surface area contributed by atoms with Crippen LogP contribution < -0.4 is 28.4 Å². The van der Waals surface area contributed by atoms with Gasteiger partial charge < -0.3 is 86.2 Å². The number of halogens is 8. The molecular formula is C99H84F8N6O18. The third-order valence-corrected chi connectivity index (χ3v) is 18.7. The zero-order chi connectivity index (χ0) is 92.5. The van der Waals surface area contributed by atoms with Crippen molar-refractivity contribution in [3.63, 3.8) is 0 Å². The molecule has 0 radical (unpaired) electrons. The van der Waals surface area contributed by atoms with Crippen LogP contribution in [0.1, 0.15) is 84.7 Å². The topological polar surface area (TPSA) is 333 Å². The van der Waals surface area contributed by atoms with Crippen molar-refractivity contribution in [1.29, 1.82) is 0 Å². The summed E-state index contributed by atoms with van der Waals surface area (Å²) in [6.07, 6.45) is -1.85. The number of unbranched alkanes of at least 4 members (excludes halogenated alkanes) is 4. The summed E-state index contributed by atoms with van der Waals surface area (Å²) in [7, 11) is 0. The van der Waals surface area contributed by atoms with E-state index >= 15 is 0 Å². The van der Waals surface area contributed by atoms with Crippen LogP contribution in [-0.2, 0) is 45.6 Å². The van der Waals surface area contributed by atoms with E-state index in [0.29, 0.717) is 75.4 Å². The number of rotatable bonds is 28. The van der Waals surface area contributed by atoms with Gasteiger partial charge >= 0.3 is 12.5 Å². The molecule has 0 aliphatic heterocycles. The molecule has 0 fully saturated rings. The molecule has 17 rings (SSSR count). The molecule has 6 N–H and O–H groups in total. The fourth-order valence-corrected chi connectivity index (χ4v) is 11.8. The molecule has 0 unspecified atom stereocenters. The Kier molecular flexibility index (Phi) is 33.2. The van der Waals surface area contributed by atoms with Gasteiger partial charge in [0.1, 0.15) is 142 Å². The fraction of sp³-hybridized carbons (Fsp3) is 0.152. The molecule has 11 aromatic carbocycles. The molecule has 0 aliphatic carbocycles. The van der Waals surface area contributed by atoms with Crippen molar-refractivity contribution < 1.29 is 121 Å². The molecule has 0 amide bonds. The summed E-state index contributed by atoms with van der Waals surface area (Å²) in [4.78, 5) is 0. The Labute approximate surface area is 743 Å². The van der Waals surface area contributed by atoms with Gasteiger partial charge in [0.25, 0.3) is 0 Å². The Balaban J connectivity index is 0.000000142. The SMILES string of the molecule is CCCCCCCc1cc(-c2ccc(O)cc2)no1.Cc1ccc(OCc2cc(-c3ccc(O)cc3)no2)cc1.Oc1ccc(-c2cc(COc3ccc(C(F)(F)F)cc3)on2)cc1.Oc1ccc(-c2cc(COc3ccc(F)cc3)on2)cc1.Oc1ccc(-c2cc(COc3ccc(OC(F)(F)F)cc3)on2)cc1.Oc1ccc(-c2cc(COc3ccccc3F)on2)cc1. The highest BCUT2D eigenvalue weighted by Gasteiger charge is 2.32. The average molecular weight is 1800 g/mol. The van der Waals surface area contributed by atoms with Crippen molar-refractivity contribution in [2.75, 3.05) is 0 Å². The van der Waals surface area contributed by atoms with Crippen molar-refractivity contribution in [3.8, 4) is 137 Å². The molecular weight excluding hydrogens is 1710 g/mol. The molecule has 6 aromatic heterocycles. The number of benzene rings is 11. The minimum absolute atomic E-state index is 0.0381. The van der Waals surface area contributed by atoms with Crippen LogP contribution in [0.3, 0.4) is 0 Å². The third kappa shape index (κ3) is 30.5. The predicted octanol–water partition coefficient (Wildman–Crippen LogP) is 25.2. The fourth-order valence-electron chi connectivity index (χ4n) is 11.8. The van der Waals surface area contributed by atoms with Crippen LogP contribution in [0, 0.1) is 18.6 Å². The number of aromatic hydroxyl groups is 6. The van der Waals surface area contributed by atoms with Crippen LogP contribution >= 0.6 is 0 Å². The maximum Gasteiger partial charge on any atom is 0.573 e. The summed E-state index contributed by atoms with van der Waals surface area (Å²) in [6.45, 7) is 4.97. The Bertz CT molecular complexity index is 6140. The van der Waals surface area contributed by atoms with E-state index < -0.39 is 23.9 Å². The first-order valence-electron chi connectivity index (χ1n) is 40.5. The lowest BCUT2D eigenvalue weighted by atomic mass is 10.1. The first kappa shape index (κ1) is 93.9. The van der Waals surface area contributed by atoms with E-state index in [-0.39, 0.29) is 78.2 Å². The third-order valence-electron chi connectivity index (χ3n) is 18.7. The first-order valence-corrected chi connectivity index (χ1v) is 40.5. The lowest BCUT2D eigenvalue weighted by Gasteiger charge is -2.09. The summed E-state index contributed by atoms with van der Waals surface area (Å²) < 4.78 is 162. The quantitative estimate of drug-likeness (QED) is 0.0196. The normalized spacial score (nSPS) is 10.9. The van der Waals surface area contributed by atoms with Crippen molar-refractivity contribution in [3.05, 3.63) is 361 Å². The van der Waals surface area contributed by atoms with Gasteiger partial charge in [0.05, 0.1) is 5.56 Å². The highest BCUT2D eigenvalue weighted by Crippen LogP contribution is 2.34. The van der Waals surface area contributed by atoms with E-state index in [1.807, 2.05) is 55.5 Å². The number of aryl methyl sites for hydroxylation is 2. The monoisotopic (exact) mass is 1800 g/mol. The van der Waals surface area contributed by atoms with Crippen LogP contribution in [0.5, 0.6) is 69.0 Å². The molecule has 24 nitrogen and oxygen atoms in total. The van der Waals surface area contributed by atoms with Crippen molar-refractivity contribution in [1.82, 2.24) is 30.9 Å². The Hall–Kier alpha value is -16.3. The molecule has 0 saturated heterocycles. The average Bonchev–Trinajstić information content (AvgIpc) is 1.84. The number of ether oxygens (including phenoxy) is 6. The molecule has 17 aromatic rings. The molecule has 0 atom stereocenters. The second-order valence-corrected chi connectivity index (χ2v) is 28.7. The number of para-hydroxylation sites is 1. The summed E-state index contributed by atoms with van der Waals surface area (Å²) in [5.74, 6) is 5.80. The van der Waals surface area contributed by atoms with Crippen molar-refractivity contribution in [2.45, 2.75) is 97.9 Å². The summed E-state index contributed by atoms with van der Waals surface area (Å²) in [5, 5.41) is 79.3. The minimum atomic E-state index is -4.73. The number of phenolic OH excluding ortho intramolecular Hbond substituents is 6. The van der Waals surface area contributed by atoms with E-state index in [2.05, 4.69) is 42.6 Å². The molecule has 0 bridgehead atoms. The lowest BCUT2D eigenvalue weighted by Crippen LogP contribution is -2.16. The van der Waals surface area contributed by atoms with Crippen LogP contribution in [-0.4, -0.2) is 67.9 Å². The van der Waals surface area contributed by atoms with Gasteiger partial charge in [0.2, 0.25) is 0 Å². The maximum atomic E-state index is 13.4. The van der Waals surface area contributed by atoms with Crippen LogP contribution in [0.25, 0.3) is 67.5 Å². The zero-order valence-electron chi connectivity index (χ0n) is 69.9. The van der Waals surface area contributed by atoms with Gasteiger partial charge in [-0.05, 0) is 256 Å². The zero-order valence-corrected chi connectivity index (χ0v) is 69.9. The minimum Gasteiger partial charge on any atom is -0.508 e. The van der Waals surface area contributed by atoms with Crippen LogP contribution in [0.2, 0.25) is 0 Å². The number of phenols is 6. The number of alkyl halides is 6. The maximum absolute atomic E-state index is 13.4. The lowest BCUT2D eigenvalue weighted by molar-refractivity contribution is -0.274. The summed E-state index contributed by atoms with van der Waals surface area (Å²) in [6, 6.07) is 79.8. The van der Waals surface area contributed by atoms with Crippen LogP contribution in [0.15, 0.2) is 330 Å². The highest BCUT2D eigenvalue weighted by molar-refractivity contribution is 5.64. The van der Waals surface area contributed by atoms with Gasteiger partial charge in [0.15, 0.2) is 40.4 Å². The molecule has 32 heteroatoms. The van der Waals surface area contributed by atoms with Gasteiger partial charge in [-0.3, -0.25) is 0 Å². The smallest absolute Gasteiger partial charge is 0.508 e. The van der Waals surface area contributed by atoms with Gasteiger partial charge in [-0.1, -0.05) is 93.4 Å². The van der Waals surface area contributed by atoms with E-state index in [1.54, 1.807) is 164 Å². The second-order valence-electron chi connectivity index (χ2n) is 28.7. The van der Waals surface area contributed by atoms with E-state index in [1.165, 1.54) is 98.0 Å². The van der Waals surface area contributed by atoms with Crippen molar-refractivity contribution in [2.24, 2.45) is 0 Å². The van der Waals surface area contributed by atoms with Crippen LogP contribution in [0.4, 0.5) is 35.1 Å². The first-order chi connectivity index (χ1) is 63.2. The molecule has 131 heavy (non-hydrogen) atoms. The van der Waals surface area contributed by atoms with E-state index in [9.17, 15) is 65.8 Å². The Morgan fingerprint density at radius 1 is 0.290 bits per heavy atom. The highest BCUT2D eigenvalue weighted by atomic mass is 19.4. The number of nitrogens with zero attached hydrogens (tertiary/aromatic N) is 6. The Morgan fingerprint density at radius 3 is 0.863 bits per heavy atom. The van der Waals surface area contributed by atoms with Gasteiger partial charge in [-0.15, -0.1) is 13.2 Å². The van der Waals surface area contributed by atoms with Crippen molar-refractivity contribution >= 4 is 0 Å². The summed E-state index contributed by atoms with van der Waals surface area (Å²) >= 11 is 0.